The molecule has 0 fully saturated rings. The van der Waals surface area contributed by atoms with Gasteiger partial charge in [0, 0.05) is 17.7 Å². The van der Waals surface area contributed by atoms with Gasteiger partial charge in [-0.15, -0.1) is 11.3 Å². The van der Waals surface area contributed by atoms with Crippen LogP contribution < -0.4 is 5.32 Å². The van der Waals surface area contributed by atoms with Crippen molar-refractivity contribution in [2.75, 3.05) is 0 Å². The predicted octanol–water partition coefficient (Wildman–Crippen LogP) is 2.83. The maximum absolute atomic E-state index is 11.4. The van der Waals surface area contributed by atoms with Gasteiger partial charge in [-0.25, -0.2) is 4.98 Å². The fourth-order valence-corrected chi connectivity index (χ4v) is 2.01. The molecule has 0 aromatic carbocycles. The molecule has 17 heavy (non-hydrogen) atoms. The van der Waals surface area contributed by atoms with Crippen LogP contribution in [0.2, 0.25) is 0 Å². The molecule has 0 aliphatic carbocycles. The SMILES string of the molecule is O=C(C=Cc1ccc(Br)o1)NCc1nccs1. The summed E-state index contributed by atoms with van der Waals surface area (Å²) in [6.45, 7) is 0.447. The highest BCUT2D eigenvalue weighted by molar-refractivity contribution is 9.10. The van der Waals surface area contributed by atoms with Crippen LogP contribution in [-0.4, -0.2) is 10.9 Å². The minimum atomic E-state index is -0.173. The zero-order chi connectivity index (χ0) is 12.1. The number of thiazole rings is 1. The Balaban J connectivity index is 1.83. The minimum Gasteiger partial charge on any atom is -0.450 e. The highest BCUT2D eigenvalue weighted by Gasteiger charge is 1.99. The molecule has 0 unspecified atom stereocenters. The van der Waals surface area contributed by atoms with Gasteiger partial charge in [0.1, 0.15) is 10.8 Å². The van der Waals surface area contributed by atoms with Gasteiger partial charge < -0.3 is 9.73 Å². The molecule has 0 aliphatic rings. The van der Waals surface area contributed by atoms with Crippen LogP contribution in [0.1, 0.15) is 10.8 Å². The number of rotatable bonds is 4. The molecule has 0 saturated carbocycles. The molecule has 6 heteroatoms. The summed E-state index contributed by atoms with van der Waals surface area (Å²) in [6.07, 6.45) is 4.75. The van der Waals surface area contributed by atoms with Crippen LogP contribution in [0.3, 0.4) is 0 Å². The van der Waals surface area contributed by atoms with Crippen molar-refractivity contribution in [2.24, 2.45) is 0 Å². The van der Waals surface area contributed by atoms with Crippen molar-refractivity contribution in [3.05, 3.63) is 45.2 Å². The van der Waals surface area contributed by atoms with Crippen molar-refractivity contribution in [3.8, 4) is 0 Å². The van der Waals surface area contributed by atoms with Crippen molar-refractivity contribution < 1.29 is 9.21 Å². The molecule has 0 spiro atoms. The van der Waals surface area contributed by atoms with Gasteiger partial charge in [-0.2, -0.15) is 0 Å². The number of hydrogen-bond donors (Lipinski definition) is 1. The van der Waals surface area contributed by atoms with E-state index in [-0.39, 0.29) is 5.91 Å². The van der Waals surface area contributed by atoms with E-state index < -0.39 is 0 Å². The highest BCUT2D eigenvalue weighted by atomic mass is 79.9. The average Bonchev–Trinajstić information content (AvgIpc) is 2.95. The van der Waals surface area contributed by atoms with E-state index in [1.54, 1.807) is 24.4 Å². The normalized spacial score (nSPS) is 10.9. The summed E-state index contributed by atoms with van der Waals surface area (Å²) < 4.78 is 5.86. The maximum Gasteiger partial charge on any atom is 0.244 e. The molecule has 4 nitrogen and oxygen atoms in total. The van der Waals surface area contributed by atoms with Gasteiger partial charge in [0.2, 0.25) is 5.91 Å². The van der Waals surface area contributed by atoms with Gasteiger partial charge in [0.05, 0.1) is 6.54 Å². The Morgan fingerprint density at radius 3 is 3.12 bits per heavy atom. The molecule has 0 aliphatic heterocycles. The van der Waals surface area contributed by atoms with E-state index in [0.29, 0.717) is 17.0 Å². The molecule has 2 aromatic rings. The highest BCUT2D eigenvalue weighted by Crippen LogP contribution is 2.14. The third kappa shape index (κ3) is 3.83. The first kappa shape index (κ1) is 12.1. The molecule has 1 amide bonds. The predicted molar refractivity (Wildman–Crippen MR) is 69.4 cm³/mol. The van der Waals surface area contributed by atoms with Crippen molar-refractivity contribution in [1.29, 1.82) is 0 Å². The summed E-state index contributed by atoms with van der Waals surface area (Å²) >= 11 is 4.70. The summed E-state index contributed by atoms with van der Waals surface area (Å²) in [5.41, 5.74) is 0. The number of nitrogens with zero attached hydrogens (tertiary/aromatic N) is 1. The third-order valence-corrected chi connectivity index (χ3v) is 3.10. The number of nitrogens with one attached hydrogen (secondary N) is 1. The second kappa shape index (κ2) is 5.79. The molecule has 0 bridgehead atoms. The largest absolute Gasteiger partial charge is 0.450 e. The van der Waals surface area contributed by atoms with Crippen LogP contribution in [0.5, 0.6) is 0 Å². The number of halogens is 1. The molecular weight excluding hydrogens is 304 g/mol. The fraction of sp³-hybridized carbons (Fsp3) is 0.0909. The van der Waals surface area contributed by atoms with E-state index in [2.05, 4.69) is 26.2 Å². The Labute approximate surface area is 110 Å². The lowest BCUT2D eigenvalue weighted by Crippen LogP contribution is -2.19. The minimum absolute atomic E-state index is 0.173. The number of carbonyl (C=O) groups excluding carboxylic acids is 1. The van der Waals surface area contributed by atoms with Crippen LogP contribution in [-0.2, 0) is 11.3 Å². The fourth-order valence-electron chi connectivity index (χ4n) is 1.14. The Morgan fingerprint density at radius 2 is 2.47 bits per heavy atom. The molecule has 2 aromatic heterocycles. The summed E-state index contributed by atoms with van der Waals surface area (Å²) in [4.78, 5) is 15.5. The van der Waals surface area contributed by atoms with E-state index in [9.17, 15) is 4.79 Å². The second-order valence-electron chi connectivity index (χ2n) is 3.12. The van der Waals surface area contributed by atoms with E-state index in [1.165, 1.54) is 17.4 Å². The summed E-state index contributed by atoms with van der Waals surface area (Å²) in [5, 5.41) is 5.49. The molecule has 2 heterocycles. The van der Waals surface area contributed by atoms with Crippen LogP contribution >= 0.6 is 27.3 Å². The maximum atomic E-state index is 11.4. The molecule has 2 rings (SSSR count). The zero-order valence-electron chi connectivity index (χ0n) is 8.72. The number of amides is 1. The third-order valence-electron chi connectivity index (χ3n) is 1.89. The van der Waals surface area contributed by atoms with Gasteiger partial charge in [-0.3, -0.25) is 4.79 Å². The molecule has 0 radical (unpaired) electrons. The van der Waals surface area contributed by atoms with E-state index in [4.69, 9.17) is 4.42 Å². The molecular formula is C11H9BrN2O2S. The first-order chi connectivity index (χ1) is 8.24. The average molecular weight is 313 g/mol. The van der Waals surface area contributed by atoms with Gasteiger partial charge in [-0.05, 0) is 34.1 Å². The molecule has 0 saturated heterocycles. The summed E-state index contributed by atoms with van der Waals surface area (Å²) in [6, 6.07) is 3.54. The second-order valence-corrected chi connectivity index (χ2v) is 4.88. The monoisotopic (exact) mass is 312 g/mol. The van der Waals surface area contributed by atoms with Crippen LogP contribution in [0, 0.1) is 0 Å². The topological polar surface area (TPSA) is 55.1 Å². The smallest absolute Gasteiger partial charge is 0.244 e. The molecule has 88 valence electrons. The van der Waals surface area contributed by atoms with Crippen molar-refractivity contribution in [3.63, 3.8) is 0 Å². The Hall–Kier alpha value is -1.40. The molecule has 0 atom stereocenters. The van der Waals surface area contributed by atoms with E-state index >= 15 is 0 Å². The Morgan fingerprint density at radius 1 is 1.59 bits per heavy atom. The van der Waals surface area contributed by atoms with Crippen molar-refractivity contribution in [1.82, 2.24) is 10.3 Å². The number of aromatic nitrogens is 1. The first-order valence-corrected chi connectivity index (χ1v) is 6.51. The Kier molecular flexibility index (Phi) is 4.11. The van der Waals surface area contributed by atoms with Crippen molar-refractivity contribution >= 4 is 39.2 Å². The molecule has 1 N–H and O–H groups in total. The number of hydrogen-bond acceptors (Lipinski definition) is 4. The van der Waals surface area contributed by atoms with Crippen molar-refractivity contribution in [2.45, 2.75) is 6.54 Å². The van der Waals surface area contributed by atoms with E-state index in [0.717, 1.165) is 5.01 Å². The standard InChI is InChI=1S/C11H9BrN2O2S/c12-9-3-1-8(16-9)2-4-10(15)14-7-11-13-5-6-17-11/h1-6H,7H2,(H,14,15). The summed E-state index contributed by atoms with van der Waals surface area (Å²) in [5.74, 6) is 0.453. The lowest BCUT2D eigenvalue weighted by molar-refractivity contribution is -0.116. The van der Waals surface area contributed by atoms with Gasteiger partial charge >= 0.3 is 0 Å². The van der Waals surface area contributed by atoms with Crippen LogP contribution in [0.4, 0.5) is 0 Å². The van der Waals surface area contributed by atoms with E-state index in [1.807, 2.05) is 5.38 Å². The lowest BCUT2D eigenvalue weighted by atomic mass is 10.4. The Bertz CT molecular complexity index is 519. The zero-order valence-corrected chi connectivity index (χ0v) is 11.1. The number of carbonyl (C=O) groups is 1. The van der Waals surface area contributed by atoms with Crippen LogP contribution in [0.15, 0.2) is 38.9 Å². The van der Waals surface area contributed by atoms with Gasteiger partial charge in [-0.1, -0.05) is 0 Å². The lowest BCUT2D eigenvalue weighted by Gasteiger charge is -1.97. The quantitative estimate of drug-likeness (QED) is 0.883. The van der Waals surface area contributed by atoms with Gasteiger partial charge in [0.15, 0.2) is 4.67 Å². The van der Waals surface area contributed by atoms with Crippen LogP contribution in [0.25, 0.3) is 6.08 Å². The number of furan rings is 1. The first-order valence-electron chi connectivity index (χ1n) is 4.83. The van der Waals surface area contributed by atoms with Gasteiger partial charge in [0.25, 0.3) is 0 Å². The summed E-state index contributed by atoms with van der Waals surface area (Å²) in [7, 11) is 0.